The first-order valence-corrected chi connectivity index (χ1v) is 8.54. The van der Waals surface area contributed by atoms with E-state index in [1.54, 1.807) is 0 Å². The summed E-state index contributed by atoms with van der Waals surface area (Å²) in [5.41, 5.74) is 2.18. The molecular weight excluding hydrogens is 312 g/mol. The van der Waals surface area contributed by atoms with Gasteiger partial charge in [0.25, 0.3) is 0 Å². The van der Waals surface area contributed by atoms with E-state index in [0.717, 1.165) is 23.8 Å². The zero-order chi connectivity index (χ0) is 16.1. The number of morpholine rings is 1. The van der Waals surface area contributed by atoms with Crippen molar-refractivity contribution in [2.45, 2.75) is 26.2 Å². The molecule has 122 valence electrons. The number of esters is 1. The Kier molecular flexibility index (Phi) is 5.38. The van der Waals surface area contributed by atoms with Crippen LogP contribution in [0.1, 0.15) is 16.3 Å². The average Bonchev–Trinajstić information content (AvgIpc) is 2.99. The summed E-state index contributed by atoms with van der Waals surface area (Å²) >= 11 is 1.50. The van der Waals surface area contributed by atoms with Crippen LogP contribution in [-0.2, 0) is 27.4 Å². The number of hydrogen-bond acceptors (Lipinski definition) is 6. The number of carbonyl (C=O) groups excluding carboxylic acids is 1. The standard InChI is InChI=1S/C17H20N2O3S/c1-13-12-23-16(18-13)11-22-17(20)15-10-19(7-8-21-15)9-14-5-3-2-4-6-14/h2-6,12,15H,7-11H2,1H3/t15-/m1/s1. The Morgan fingerprint density at radius 3 is 3.00 bits per heavy atom. The second-order valence-corrected chi connectivity index (χ2v) is 6.51. The van der Waals surface area contributed by atoms with Gasteiger partial charge in [0.1, 0.15) is 11.6 Å². The molecule has 1 fully saturated rings. The highest BCUT2D eigenvalue weighted by Crippen LogP contribution is 2.14. The maximum Gasteiger partial charge on any atom is 0.337 e. The Morgan fingerprint density at radius 1 is 1.43 bits per heavy atom. The van der Waals surface area contributed by atoms with E-state index < -0.39 is 6.10 Å². The summed E-state index contributed by atoms with van der Waals surface area (Å²) in [5.74, 6) is -0.310. The summed E-state index contributed by atoms with van der Waals surface area (Å²) in [4.78, 5) is 18.7. The number of aromatic nitrogens is 1. The molecule has 2 heterocycles. The van der Waals surface area contributed by atoms with Gasteiger partial charge in [-0.05, 0) is 12.5 Å². The van der Waals surface area contributed by atoms with E-state index in [2.05, 4.69) is 22.0 Å². The highest BCUT2D eigenvalue weighted by molar-refractivity contribution is 7.09. The van der Waals surface area contributed by atoms with Crippen molar-refractivity contribution >= 4 is 17.3 Å². The van der Waals surface area contributed by atoms with Gasteiger partial charge in [0, 0.05) is 30.7 Å². The first-order chi connectivity index (χ1) is 11.2. The van der Waals surface area contributed by atoms with Crippen LogP contribution in [0, 0.1) is 6.92 Å². The van der Waals surface area contributed by atoms with Crippen LogP contribution in [0.4, 0.5) is 0 Å². The molecule has 0 aliphatic carbocycles. The lowest BCUT2D eigenvalue weighted by atomic mass is 10.2. The summed E-state index contributed by atoms with van der Waals surface area (Å²) in [5, 5.41) is 2.76. The van der Waals surface area contributed by atoms with Crippen LogP contribution >= 0.6 is 11.3 Å². The van der Waals surface area contributed by atoms with Gasteiger partial charge in [-0.25, -0.2) is 9.78 Å². The molecular formula is C17H20N2O3S. The number of carbonyl (C=O) groups is 1. The molecule has 2 aromatic rings. The fourth-order valence-electron chi connectivity index (χ4n) is 2.53. The Balaban J connectivity index is 1.50. The molecule has 0 spiro atoms. The molecule has 0 N–H and O–H groups in total. The zero-order valence-corrected chi connectivity index (χ0v) is 13.9. The largest absolute Gasteiger partial charge is 0.456 e. The molecule has 0 bridgehead atoms. The van der Waals surface area contributed by atoms with Gasteiger partial charge in [0.2, 0.25) is 0 Å². The molecule has 1 aromatic heterocycles. The van der Waals surface area contributed by atoms with E-state index in [4.69, 9.17) is 9.47 Å². The normalized spacial score (nSPS) is 18.7. The lowest BCUT2D eigenvalue weighted by Crippen LogP contribution is -2.46. The number of thiazole rings is 1. The quantitative estimate of drug-likeness (QED) is 0.787. The third kappa shape index (κ3) is 4.60. The molecule has 1 aliphatic rings. The van der Waals surface area contributed by atoms with Crippen molar-refractivity contribution in [1.29, 1.82) is 0 Å². The molecule has 23 heavy (non-hydrogen) atoms. The van der Waals surface area contributed by atoms with Gasteiger partial charge in [-0.2, -0.15) is 0 Å². The minimum absolute atomic E-state index is 0.218. The van der Waals surface area contributed by atoms with E-state index in [1.165, 1.54) is 16.9 Å². The number of rotatable bonds is 5. The van der Waals surface area contributed by atoms with Gasteiger partial charge >= 0.3 is 5.97 Å². The van der Waals surface area contributed by atoms with E-state index in [1.807, 2.05) is 30.5 Å². The highest BCUT2D eigenvalue weighted by Gasteiger charge is 2.28. The van der Waals surface area contributed by atoms with Crippen molar-refractivity contribution in [2.75, 3.05) is 19.7 Å². The molecule has 0 saturated carbocycles. The minimum atomic E-state index is -0.520. The second kappa shape index (κ2) is 7.68. The predicted octanol–water partition coefficient (Wildman–Crippen LogP) is 2.40. The summed E-state index contributed by atoms with van der Waals surface area (Å²) in [6.45, 7) is 4.89. The SMILES string of the molecule is Cc1csc(COC(=O)[C@H]2CN(Cc3ccccc3)CCO2)n1. The molecule has 6 heteroatoms. The van der Waals surface area contributed by atoms with Crippen molar-refractivity contribution < 1.29 is 14.3 Å². The summed E-state index contributed by atoms with van der Waals surface area (Å²) < 4.78 is 10.9. The maximum absolute atomic E-state index is 12.2. The fraction of sp³-hybridized carbons (Fsp3) is 0.412. The van der Waals surface area contributed by atoms with Gasteiger partial charge < -0.3 is 9.47 Å². The minimum Gasteiger partial charge on any atom is -0.456 e. The fourth-order valence-corrected chi connectivity index (χ4v) is 3.21. The second-order valence-electron chi connectivity index (χ2n) is 5.57. The Morgan fingerprint density at radius 2 is 2.26 bits per heavy atom. The lowest BCUT2D eigenvalue weighted by Gasteiger charge is -2.31. The van der Waals surface area contributed by atoms with E-state index >= 15 is 0 Å². The Bertz CT molecular complexity index is 644. The van der Waals surface area contributed by atoms with Crippen LogP contribution in [-0.4, -0.2) is 41.7 Å². The Hall–Kier alpha value is -1.76. The third-order valence-electron chi connectivity index (χ3n) is 3.67. The number of nitrogens with zero attached hydrogens (tertiary/aromatic N) is 2. The summed E-state index contributed by atoms with van der Waals surface area (Å²) in [6, 6.07) is 10.2. The van der Waals surface area contributed by atoms with Gasteiger partial charge in [-0.3, -0.25) is 4.90 Å². The first-order valence-electron chi connectivity index (χ1n) is 7.66. The number of hydrogen-bond donors (Lipinski definition) is 0. The van der Waals surface area contributed by atoms with Gasteiger partial charge in [-0.1, -0.05) is 30.3 Å². The molecule has 1 aliphatic heterocycles. The van der Waals surface area contributed by atoms with Crippen LogP contribution in [0.3, 0.4) is 0 Å². The molecule has 1 atom stereocenters. The Labute approximate surface area is 139 Å². The molecule has 0 unspecified atom stereocenters. The summed E-state index contributed by atoms with van der Waals surface area (Å²) in [7, 11) is 0. The predicted molar refractivity (Wildman–Crippen MR) is 88.1 cm³/mol. The van der Waals surface area contributed by atoms with Crippen molar-refractivity contribution in [3.63, 3.8) is 0 Å². The summed E-state index contributed by atoms with van der Waals surface area (Å²) in [6.07, 6.45) is -0.520. The topological polar surface area (TPSA) is 51.7 Å². The zero-order valence-electron chi connectivity index (χ0n) is 13.1. The molecule has 0 amide bonds. The van der Waals surface area contributed by atoms with Gasteiger partial charge in [-0.15, -0.1) is 11.3 Å². The van der Waals surface area contributed by atoms with Crippen LogP contribution in [0.25, 0.3) is 0 Å². The van der Waals surface area contributed by atoms with Gasteiger partial charge in [0.05, 0.1) is 6.61 Å². The van der Waals surface area contributed by atoms with Crippen LogP contribution in [0.15, 0.2) is 35.7 Å². The third-order valence-corrected chi connectivity index (χ3v) is 4.61. The highest BCUT2D eigenvalue weighted by atomic mass is 32.1. The molecule has 3 rings (SSSR count). The monoisotopic (exact) mass is 332 g/mol. The molecule has 0 radical (unpaired) electrons. The van der Waals surface area contributed by atoms with Crippen LogP contribution < -0.4 is 0 Å². The first kappa shape index (κ1) is 16.1. The van der Waals surface area contributed by atoms with Crippen molar-refractivity contribution in [1.82, 2.24) is 9.88 Å². The molecule has 1 saturated heterocycles. The van der Waals surface area contributed by atoms with Gasteiger partial charge in [0.15, 0.2) is 6.10 Å². The smallest absolute Gasteiger partial charge is 0.337 e. The average molecular weight is 332 g/mol. The number of benzene rings is 1. The van der Waals surface area contributed by atoms with Crippen molar-refractivity contribution in [2.24, 2.45) is 0 Å². The maximum atomic E-state index is 12.2. The van der Waals surface area contributed by atoms with Crippen LogP contribution in [0.2, 0.25) is 0 Å². The van der Waals surface area contributed by atoms with Crippen molar-refractivity contribution in [3.8, 4) is 0 Å². The number of ether oxygens (including phenoxy) is 2. The molecule has 1 aromatic carbocycles. The number of aryl methyl sites for hydroxylation is 1. The lowest BCUT2D eigenvalue weighted by molar-refractivity contribution is -0.164. The van der Waals surface area contributed by atoms with E-state index in [0.29, 0.717) is 13.2 Å². The van der Waals surface area contributed by atoms with E-state index in [-0.39, 0.29) is 12.6 Å². The van der Waals surface area contributed by atoms with Crippen LogP contribution in [0.5, 0.6) is 0 Å². The van der Waals surface area contributed by atoms with E-state index in [9.17, 15) is 4.79 Å². The molecule has 5 nitrogen and oxygen atoms in total. The van der Waals surface area contributed by atoms with Crippen molar-refractivity contribution in [3.05, 3.63) is 52.0 Å².